The van der Waals surface area contributed by atoms with Gasteiger partial charge in [0, 0.05) is 49.9 Å². The average Bonchev–Trinajstić information content (AvgIpc) is 3.18. The SMILES string of the molecule is CCOC(=O)N1CCC(N2CCC3(CC2)CN(C(=O)N2CCOCC2)c2ccc(F)cc23)CC1. The number of likely N-dealkylation sites (tertiary alicyclic amines) is 2. The van der Waals surface area contributed by atoms with Gasteiger partial charge in [-0.1, -0.05) is 0 Å². The van der Waals surface area contributed by atoms with E-state index in [4.69, 9.17) is 9.47 Å². The molecule has 1 aromatic rings. The molecular formula is C25H35FN4O4. The van der Waals surface area contributed by atoms with E-state index in [1.54, 1.807) is 17.0 Å². The lowest BCUT2D eigenvalue weighted by molar-refractivity contribution is 0.0529. The number of benzene rings is 1. The summed E-state index contributed by atoms with van der Waals surface area (Å²) in [5.41, 5.74) is 1.63. The van der Waals surface area contributed by atoms with E-state index in [1.165, 1.54) is 6.07 Å². The van der Waals surface area contributed by atoms with Crippen molar-refractivity contribution in [1.82, 2.24) is 14.7 Å². The predicted molar refractivity (Wildman–Crippen MR) is 126 cm³/mol. The van der Waals surface area contributed by atoms with Crippen molar-refractivity contribution in [2.45, 2.75) is 44.1 Å². The number of ether oxygens (including phenoxy) is 2. The van der Waals surface area contributed by atoms with Crippen LogP contribution < -0.4 is 4.90 Å². The number of carbonyl (C=O) groups is 2. The topological polar surface area (TPSA) is 65.6 Å². The molecule has 4 aliphatic rings. The van der Waals surface area contributed by atoms with Gasteiger partial charge in [-0.15, -0.1) is 0 Å². The van der Waals surface area contributed by atoms with Crippen LogP contribution in [0.4, 0.5) is 19.7 Å². The number of anilines is 1. The van der Waals surface area contributed by atoms with Crippen LogP contribution in [0.3, 0.4) is 0 Å². The lowest BCUT2D eigenvalue weighted by atomic mass is 9.74. The highest BCUT2D eigenvalue weighted by Crippen LogP contribution is 2.48. The summed E-state index contributed by atoms with van der Waals surface area (Å²) in [6.07, 6.45) is 3.47. The van der Waals surface area contributed by atoms with Crippen molar-refractivity contribution in [3.63, 3.8) is 0 Å². The van der Waals surface area contributed by atoms with Crippen molar-refractivity contribution in [3.05, 3.63) is 29.6 Å². The summed E-state index contributed by atoms with van der Waals surface area (Å²) in [5.74, 6) is -0.243. The van der Waals surface area contributed by atoms with Crippen LogP contribution >= 0.6 is 0 Å². The average molecular weight is 475 g/mol. The third-order valence-electron chi connectivity index (χ3n) is 8.06. The molecule has 3 fully saturated rings. The molecule has 1 aromatic carbocycles. The zero-order chi connectivity index (χ0) is 23.7. The van der Waals surface area contributed by atoms with Crippen LogP contribution in [0.15, 0.2) is 18.2 Å². The van der Waals surface area contributed by atoms with E-state index in [9.17, 15) is 14.0 Å². The number of amides is 3. The van der Waals surface area contributed by atoms with Gasteiger partial charge in [0.1, 0.15) is 5.82 Å². The van der Waals surface area contributed by atoms with Gasteiger partial charge in [-0.05, 0) is 69.5 Å². The summed E-state index contributed by atoms with van der Waals surface area (Å²) in [4.78, 5) is 33.4. The molecule has 0 atom stereocenters. The Morgan fingerprint density at radius 1 is 1.06 bits per heavy atom. The fraction of sp³-hybridized carbons (Fsp3) is 0.680. The van der Waals surface area contributed by atoms with E-state index >= 15 is 0 Å². The van der Waals surface area contributed by atoms with E-state index in [2.05, 4.69) is 4.90 Å². The summed E-state index contributed by atoms with van der Waals surface area (Å²) in [7, 11) is 0. The summed E-state index contributed by atoms with van der Waals surface area (Å²) in [6.45, 7) is 8.43. The Bertz CT molecular complexity index is 906. The van der Waals surface area contributed by atoms with Gasteiger partial charge in [-0.25, -0.2) is 14.0 Å². The number of hydrogen-bond acceptors (Lipinski definition) is 5. The van der Waals surface area contributed by atoms with Crippen molar-refractivity contribution < 1.29 is 23.5 Å². The summed E-state index contributed by atoms with van der Waals surface area (Å²) in [6, 6.07) is 5.33. The summed E-state index contributed by atoms with van der Waals surface area (Å²) >= 11 is 0. The molecule has 3 saturated heterocycles. The number of carbonyl (C=O) groups excluding carboxylic acids is 2. The lowest BCUT2D eigenvalue weighted by Crippen LogP contribution is -2.53. The molecular weight excluding hydrogens is 439 g/mol. The molecule has 34 heavy (non-hydrogen) atoms. The minimum absolute atomic E-state index is 0.00167. The molecule has 4 heterocycles. The van der Waals surface area contributed by atoms with Crippen LogP contribution in [-0.4, -0.2) is 98.5 Å². The second kappa shape index (κ2) is 9.70. The first-order chi connectivity index (χ1) is 16.5. The highest BCUT2D eigenvalue weighted by Gasteiger charge is 2.48. The van der Waals surface area contributed by atoms with E-state index in [0.717, 1.165) is 63.1 Å². The number of urea groups is 1. The van der Waals surface area contributed by atoms with Crippen molar-refractivity contribution in [1.29, 1.82) is 0 Å². The second-order valence-corrected chi connectivity index (χ2v) is 9.86. The highest BCUT2D eigenvalue weighted by atomic mass is 19.1. The van der Waals surface area contributed by atoms with E-state index in [0.29, 0.717) is 45.5 Å². The van der Waals surface area contributed by atoms with Gasteiger partial charge in [-0.2, -0.15) is 0 Å². The van der Waals surface area contributed by atoms with Gasteiger partial charge in [-0.3, -0.25) is 4.90 Å². The molecule has 0 N–H and O–H groups in total. The molecule has 0 radical (unpaired) electrons. The minimum atomic E-state index is -0.243. The number of piperidine rings is 2. The van der Waals surface area contributed by atoms with Gasteiger partial charge >= 0.3 is 12.1 Å². The molecule has 0 aromatic heterocycles. The first-order valence-corrected chi connectivity index (χ1v) is 12.6. The zero-order valence-electron chi connectivity index (χ0n) is 20.0. The minimum Gasteiger partial charge on any atom is -0.450 e. The first-order valence-electron chi connectivity index (χ1n) is 12.6. The van der Waals surface area contributed by atoms with Crippen molar-refractivity contribution in [2.75, 3.05) is 70.5 Å². The number of morpholine rings is 1. The molecule has 5 rings (SSSR count). The quantitative estimate of drug-likeness (QED) is 0.659. The van der Waals surface area contributed by atoms with Gasteiger partial charge in [0.05, 0.1) is 19.8 Å². The molecule has 9 heteroatoms. The Balaban J connectivity index is 1.26. The molecule has 186 valence electrons. The molecule has 8 nitrogen and oxygen atoms in total. The maximum Gasteiger partial charge on any atom is 0.409 e. The van der Waals surface area contributed by atoms with Crippen LogP contribution in [-0.2, 0) is 14.9 Å². The Morgan fingerprint density at radius 2 is 1.76 bits per heavy atom. The van der Waals surface area contributed by atoms with Gasteiger partial charge < -0.3 is 24.2 Å². The molecule has 0 bridgehead atoms. The van der Waals surface area contributed by atoms with E-state index in [-0.39, 0.29) is 23.4 Å². The molecule has 0 aliphatic carbocycles. The fourth-order valence-corrected chi connectivity index (χ4v) is 6.11. The molecule has 0 saturated carbocycles. The number of halogens is 1. The number of hydrogen-bond donors (Lipinski definition) is 0. The third kappa shape index (κ3) is 4.35. The highest BCUT2D eigenvalue weighted by molar-refractivity contribution is 5.95. The van der Waals surface area contributed by atoms with Crippen LogP contribution in [0.5, 0.6) is 0 Å². The van der Waals surface area contributed by atoms with Crippen LogP contribution in [0, 0.1) is 5.82 Å². The fourth-order valence-electron chi connectivity index (χ4n) is 6.11. The predicted octanol–water partition coefficient (Wildman–Crippen LogP) is 3.05. The number of fused-ring (bicyclic) bond motifs is 2. The smallest absolute Gasteiger partial charge is 0.409 e. The summed E-state index contributed by atoms with van der Waals surface area (Å²) in [5, 5.41) is 0. The largest absolute Gasteiger partial charge is 0.450 e. The summed E-state index contributed by atoms with van der Waals surface area (Å²) < 4.78 is 24.9. The molecule has 0 unspecified atom stereocenters. The Morgan fingerprint density at radius 3 is 2.44 bits per heavy atom. The van der Waals surface area contributed by atoms with Crippen molar-refractivity contribution >= 4 is 17.8 Å². The monoisotopic (exact) mass is 474 g/mol. The van der Waals surface area contributed by atoms with Crippen molar-refractivity contribution in [3.8, 4) is 0 Å². The van der Waals surface area contributed by atoms with Gasteiger partial charge in [0.2, 0.25) is 0 Å². The second-order valence-electron chi connectivity index (χ2n) is 9.86. The Hall–Kier alpha value is -2.39. The normalized spacial score (nSPS) is 23.3. The standard InChI is InChI=1S/C25H35FN4O4/c1-2-34-24(32)29-9-5-20(6-10-29)27-11-7-25(8-12-27)18-30(22-4-3-19(26)17-21(22)25)23(31)28-13-15-33-16-14-28/h3-4,17,20H,2,5-16,18H2,1H3. The van der Waals surface area contributed by atoms with E-state index < -0.39 is 0 Å². The first kappa shape index (κ1) is 23.4. The maximum absolute atomic E-state index is 14.3. The lowest BCUT2D eigenvalue weighted by Gasteiger charge is -2.45. The Labute approximate surface area is 200 Å². The van der Waals surface area contributed by atoms with Crippen LogP contribution in [0.25, 0.3) is 0 Å². The van der Waals surface area contributed by atoms with Crippen LogP contribution in [0.1, 0.15) is 38.2 Å². The molecule has 3 amide bonds. The van der Waals surface area contributed by atoms with Crippen LogP contribution in [0.2, 0.25) is 0 Å². The van der Waals surface area contributed by atoms with E-state index in [1.807, 2.05) is 16.7 Å². The number of rotatable bonds is 2. The third-order valence-corrected chi connectivity index (χ3v) is 8.06. The van der Waals surface area contributed by atoms with Gasteiger partial charge in [0.15, 0.2) is 0 Å². The Kier molecular flexibility index (Phi) is 6.66. The van der Waals surface area contributed by atoms with Crippen molar-refractivity contribution in [2.24, 2.45) is 0 Å². The zero-order valence-corrected chi connectivity index (χ0v) is 20.0. The maximum atomic E-state index is 14.3. The number of nitrogens with zero attached hydrogens (tertiary/aromatic N) is 4. The van der Waals surface area contributed by atoms with Gasteiger partial charge in [0.25, 0.3) is 0 Å². The molecule has 4 aliphatic heterocycles. The molecule has 1 spiro atoms.